The van der Waals surface area contributed by atoms with E-state index in [1.165, 1.54) is 12.1 Å². The molecule has 2 radical (unpaired) electrons. The molecule has 0 fully saturated rings. The lowest BCUT2D eigenvalue weighted by Gasteiger charge is -2.06. The molecule has 0 aliphatic rings. The van der Waals surface area contributed by atoms with Crippen LogP contribution in [-0.4, -0.2) is 33.2 Å². The third kappa shape index (κ3) is 15.2. The Bertz CT molecular complexity index is 1440. The largest absolute Gasteiger partial charge is 0.497 e. The van der Waals surface area contributed by atoms with Crippen molar-refractivity contribution >= 4 is 54.3 Å². The maximum Gasteiger partial charge on any atom is 0.287 e. The Kier molecular flexibility index (Phi) is 21.6. The molecule has 0 heterocycles. The maximum atomic E-state index is 10.8. The van der Waals surface area contributed by atoms with Crippen LogP contribution in [0.1, 0.15) is 26.0 Å². The molecule has 0 amide bonds. The van der Waals surface area contributed by atoms with Gasteiger partial charge < -0.3 is 15.2 Å². The molecule has 0 aliphatic heterocycles. The lowest BCUT2D eigenvalue weighted by Crippen LogP contribution is -1.90. The van der Waals surface area contributed by atoms with E-state index in [-0.39, 0.29) is 25.6 Å². The summed E-state index contributed by atoms with van der Waals surface area (Å²) in [5.74, 6) is 1.64. The van der Waals surface area contributed by atoms with Crippen LogP contribution < -0.4 is 15.2 Å². The summed E-state index contributed by atoms with van der Waals surface area (Å²) in [7, 11) is 7.49. The normalized spacial score (nSPS) is 8.65. The quantitative estimate of drug-likeness (QED) is 0.0429. The van der Waals surface area contributed by atoms with Gasteiger partial charge in [-0.15, -0.1) is 4.91 Å². The Balaban J connectivity index is 0. The van der Waals surface area contributed by atoms with E-state index in [1.54, 1.807) is 44.6 Å². The smallest absolute Gasteiger partial charge is 0.287 e. The molecule has 4 aromatic rings. The zero-order chi connectivity index (χ0) is 30.6. The minimum absolute atomic E-state index is 0. The summed E-state index contributed by atoms with van der Waals surface area (Å²) >= 11 is 11.4. The molecule has 2 N–H and O–H groups in total. The summed E-state index contributed by atoms with van der Waals surface area (Å²) in [6, 6.07) is 26.3. The predicted molar refractivity (Wildman–Crippen MR) is 176 cm³/mol. The van der Waals surface area contributed by atoms with Crippen molar-refractivity contribution in [2.24, 2.45) is 10.1 Å². The molecule has 0 bridgehead atoms. The van der Waals surface area contributed by atoms with Crippen LogP contribution in [0.25, 0.3) is 0 Å². The molecule has 4 rings (SSSR count). The number of benzene rings is 4. The Morgan fingerprint density at radius 2 is 1.35 bits per heavy atom. The number of ether oxygens (including phenoxy) is 2. The summed E-state index contributed by atoms with van der Waals surface area (Å²) in [6.45, 7) is 0. The first-order chi connectivity index (χ1) is 19.7. The van der Waals surface area contributed by atoms with E-state index in [2.05, 4.69) is 18.1 Å². The molecule has 10 nitrogen and oxygen atoms in total. The zero-order valence-electron chi connectivity index (χ0n) is 22.1. The number of halogens is 2. The number of para-hydroxylation sites is 1. The van der Waals surface area contributed by atoms with E-state index in [0.29, 0.717) is 17.1 Å². The second-order valence-corrected chi connectivity index (χ2v) is 8.38. The number of anilines is 1. The fourth-order valence-electron chi connectivity index (χ4n) is 2.97. The molecule has 0 saturated heterocycles. The number of nitrogens with zero attached hydrogens (tertiary/aromatic N) is 3. The molecule has 0 aromatic heterocycles. The van der Waals surface area contributed by atoms with Crippen LogP contribution in [0.4, 0.5) is 17.1 Å². The lowest BCUT2D eigenvalue weighted by molar-refractivity contribution is -0.384. The Labute approximate surface area is 263 Å². The fraction of sp³-hybridized carbons (Fsp3) is 0.167. The van der Waals surface area contributed by atoms with Crippen LogP contribution in [0.3, 0.4) is 0 Å². The van der Waals surface area contributed by atoms with Crippen LogP contribution in [0.2, 0.25) is 10.0 Å². The topological polar surface area (TPSA) is 146 Å². The van der Waals surface area contributed by atoms with Gasteiger partial charge in [0.1, 0.15) is 22.2 Å². The van der Waals surface area contributed by atoms with Crippen molar-refractivity contribution in [2.75, 3.05) is 20.0 Å². The van der Waals surface area contributed by atoms with E-state index in [0.717, 1.165) is 34.4 Å². The third-order valence-electron chi connectivity index (χ3n) is 4.93. The molecule has 0 unspecified atom stereocenters. The van der Waals surface area contributed by atoms with E-state index >= 15 is 0 Å². The van der Waals surface area contributed by atoms with Crippen LogP contribution in [0.5, 0.6) is 11.5 Å². The number of methoxy groups -OCH3 is 2. The molecule has 0 saturated carbocycles. The number of nitro groups is 1. The number of nitrogen functional groups attached to an aromatic ring is 1. The van der Waals surface area contributed by atoms with Gasteiger partial charge in [0.05, 0.1) is 24.2 Å². The van der Waals surface area contributed by atoms with Gasteiger partial charge in [0.15, 0.2) is 0 Å². The van der Waals surface area contributed by atoms with Gasteiger partial charge in [-0.25, -0.2) is 4.79 Å². The number of hydrogen-bond donors (Lipinski definition) is 1. The number of hydrogen-bond acceptors (Lipinski definition) is 9. The Morgan fingerprint density at radius 3 is 1.77 bits per heavy atom. The SMILES string of the molecule is C.C.COc1ccc(Cc2cccc(Cl)c2N=O)cc1.COc1ccc(N)cc1.O=[N+]([O-])c1ccccc1Cl.[B]N=C=O. The van der Waals surface area contributed by atoms with Gasteiger partial charge in [0.2, 0.25) is 6.08 Å². The van der Waals surface area contributed by atoms with Crippen molar-refractivity contribution in [3.63, 3.8) is 0 Å². The van der Waals surface area contributed by atoms with E-state index in [1.807, 2.05) is 48.5 Å². The number of nitro benzene ring substituents is 1. The van der Waals surface area contributed by atoms with Gasteiger partial charge in [0.25, 0.3) is 13.7 Å². The number of carbonyl (C=O) groups excluding carboxylic acids is 1. The fourth-order valence-corrected chi connectivity index (χ4v) is 3.41. The Morgan fingerprint density at radius 1 is 0.860 bits per heavy atom. The van der Waals surface area contributed by atoms with Gasteiger partial charge in [0, 0.05) is 11.8 Å². The van der Waals surface area contributed by atoms with Crippen molar-refractivity contribution in [2.45, 2.75) is 21.3 Å². The minimum Gasteiger partial charge on any atom is -0.497 e. The third-order valence-corrected chi connectivity index (χ3v) is 5.56. The predicted octanol–water partition coefficient (Wildman–Crippen LogP) is 8.54. The highest BCUT2D eigenvalue weighted by Crippen LogP contribution is 2.30. The van der Waals surface area contributed by atoms with Crippen molar-refractivity contribution in [1.82, 2.24) is 0 Å². The average Bonchev–Trinajstić information content (AvgIpc) is 2.99. The monoisotopic (exact) mass is 626 g/mol. The molecule has 4 aromatic carbocycles. The number of isocyanates is 1. The summed E-state index contributed by atoms with van der Waals surface area (Å²) in [5.41, 5.74) is 8.34. The van der Waals surface area contributed by atoms with Crippen LogP contribution in [0.15, 0.2) is 101 Å². The molecular formula is C30H33BCl2N4O6. The van der Waals surface area contributed by atoms with Crippen LogP contribution in [-0.2, 0) is 11.2 Å². The van der Waals surface area contributed by atoms with Crippen molar-refractivity contribution < 1.29 is 19.2 Å². The number of rotatable bonds is 6. The number of nitrogens with two attached hydrogens (primary N) is 1. The highest BCUT2D eigenvalue weighted by molar-refractivity contribution is 6.33. The van der Waals surface area contributed by atoms with E-state index in [9.17, 15) is 15.0 Å². The highest BCUT2D eigenvalue weighted by atomic mass is 35.5. The van der Waals surface area contributed by atoms with Gasteiger partial charge in [-0.05, 0) is 71.3 Å². The second-order valence-electron chi connectivity index (χ2n) is 7.57. The molecule has 226 valence electrons. The molecular weight excluding hydrogens is 594 g/mol. The number of nitroso groups, excluding NO2 is 1. The van der Waals surface area contributed by atoms with Crippen molar-refractivity contribution in [3.8, 4) is 11.5 Å². The molecule has 0 atom stereocenters. The molecule has 13 heteroatoms. The van der Waals surface area contributed by atoms with E-state index < -0.39 is 4.92 Å². The zero-order valence-corrected chi connectivity index (χ0v) is 23.6. The minimum atomic E-state index is -0.512. The Hall–Kier alpha value is -4.70. The first-order valence-corrected chi connectivity index (χ1v) is 12.2. The molecule has 0 aliphatic carbocycles. The standard InChI is InChI=1S/C14H12ClNO2.C7H9NO.C6H4ClNO2.CBNO.2CH4/c1-18-12-7-5-10(6-8-12)9-11-3-2-4-13(15)14(11)16-17;1-9-7-4-2-6(8)3-5-7;7-5-3-1-2-4-6(5)8(9)10;2-3-1-4;;/h2-8H,9H2,1H3;2-5H,8H2,1H3;1-4H;;2*1H4. The van der Waals surface area contributed by atoms with E-state index in [4.69, 9.17) is 43.2 Å². The van der Waals surface area contributed by atoms with Crippen molar-refractivity contribution in [1.29, 1.82) is 0 Å². The second kappa shape index (κ2) is 22.9. The average molecular weight is 627 g/mol. The van der Waals surface area contributed by atoms with Crippen molar-refractivity contribution in [3.05, 3.63) is 127 Å². The van der Waals surface area contributed by atoms with Crippen LogP contribution in [0, 0.1) is 15.0 Å². The highest BCUT2D eigenvalue weighted by Gasteiger charge is 2.09. The summed E-state index contributed by atoms with van der Waals surface area (Å²) < 4.78 is 10.0. The van der Waals surface area contributed by atoms with Gasteiger partial charge in [-0.2, -0.15) is 0 Å². The molecule has 0 spiro atoms. The lowest BCUT2D eigenvalue weighted by atomic mass is 10.0. The van der Waals surface area contributed by atoms with Gasteiger partial charge >= 0.3 is 0 Å². The van der Waals surface area contributed by atoms with Crippen LogP contribution >= 0.6 is 23.2 Å². The summed E-state index contributed by atoms with van der Waals surface area (Å²) in [6.07, 6.45) is 1.70. The maximum absolute atomic E-state index is 10.8. The summed E-state index contributed by atoms with van der Waals surface area (Å²) in [5, 5.41) is 13.7. The van der Waals surface area contributed by atoms with Gasteiger partial charge in [-0.1, -0.05) is 74.5 Å². The molecule has 43 heavy (non-hydrogen) atoms. The first-order valence-electron chi connectivity index (χ1n) is 11.5. The first kappa shape index (κ1) is 40.4. The summed E-state index contributed by atoms with van der Waals surface area (Å²) in [4.78, 5) is 31.6. The van der Waals surface area contributed by atoms with Gasteiger partial charge in [-0.3, -0.25) is 15.0 Å².